The van der Waals surface area contributed by atoms with Crippen molar-refractivity contribution in [3.05, 3.63) is 58.7 Å². The predicted octanol–water partition coefficient (Wildman–Crippen LogP) is 4.90. The number of anilines is 4. The molecule has 212 valence electrons. The Kier molecular flexibility index (Phi) is 7.89. The number of carbonyl (C=O) groups excluding carboxylic acids is 1. The number of fused-ring (bicyclic) bond motifs is 1. The van der Waals surface area contributed by atoms with E-state index in [2.05, 4.69) is 25.9 Å². The number of sulfone groups is 1. The van der Waals surface area contributed by atoms with E-state index in [-0.39, 0.29) is 39.7 Å². The summed E-state index contributed by atoms with van der Waals surface area (Å²) in [6.07, 6.45) is 2.25. The van der Waals surface area contributed by atoms with Gasteiger partial charge in [-0.15, -0.1) is 0 Å². The van der Waals surface area contributed by atoms with Gasteiger partial charge in [0.15, 0.2) is 15.7 Å². The fraction of sp³-hybridized carbons (Fsp3) is 0.393. The molecule has 0 radical (unpaired) electrons. The van der Waals surface area contributed by atoms with E-state index in [1.807, 2.05) is 24.8 Å². The van der Waals surface area contributed by atoms with Crippen molar-refractivity contribution in [1.29, 1.82) is 0 Å². The largest absolute Gasteiger partial charge is 0.489 e. The molecule has 2 aliphatic heterocycles. The van der Waals surface area contributed by atoms with Crippen LogP contribution in [0.15, 0.2) is 47.5 Å². The molecular weight excluding hydrogens is 552 g/mol. The molecule has 12 heteroatoms. The fourth-order valence-corrected chi connectivity index (χ4v) is 6.19. The first-order valence-corrected chi connectivity index (χ1v) is 15.2. The molecule has 5 rings (SSSR count). The van der Waals surface area contributed by atoms with Crippen molar-refractivity contribution in [3.63, 3.8) is 0 Å². The zero-order valence-corrected chi connectivity index (χ0v) is 24.4. The molecule has 2 aliphatic rings. The number of aromatic nitrogens is 2. The summed E-state index contributed by atoms with van der Waals surface area (Å²) in [5.74, 6) is 1.00. The molecule has 3 heterocycles. The molecule has 0 unspecified atom stereocenters. The molecule has 1 saturated heterocycles. The molecular formula is C28H33ClN6O4S. The molecule has 0 bridgehead atoms. The number of ether oxygens (including phenoxy) is 1. The van der Waals surface area contributed by atoms with E-state index in [1.54, 1.807) is 44.2 Å². The van der Waals surface area contributed by atoms with E-state index >= 15 is 0 Å². The Morgan fingerprint density at radius 1 is 1.12 bits per heavy atom. The summed E-state index contributed by atoms with van der Waals surface area (Å²) in [4.78, 5) is 24.2. The van der Waals surface area contributed by atoms with Crippen molar-refractivity contribution in [2.45, 2.75) is 63.0 Å². The van der Waals surface area contributed by atoms with E-state index < -0.39 is 15.1 Å². The number of para-hydroxylation sites is 1. The molecule has 40 heavy (non-hydrogen) atoms. The highest BCUT2D eigenvalue weighted by molar-refractivity contribution is 7.92. The Morgan fingerprint density at radius 3 is 2.60 bits per heavy atom. The molecule has 3 aromatic rings. The first-order valence-electron chi connectivity index (χ1n) is 13.3. The monoisotopic (exact) mass is 584 g/mol. The first-order chi connectivity index (χ1) is 19.0. The molecule has 1 amide bonds. The summed E-state index contributed by atoms with van der Waals surface area (Å²) in [5.41, 5.74) is 2.44. The Morgan fingerprint density at radius 2 is 1.90 bits per heavy atom. The van der Waals surface area contributed by atoms with Gasteiger partial charge in [0, 0.05) is 24.7 Å². The number of amides is 1. The number of carbonyl (C=O) groups is 1. The van der Waals surface area contributed by atoms with Crippen LogP contribution in [0.2, 0.25) is 5.02 Å². The van der Waals surface area contributed by atoms with Crippen LogP contribution in [-0.4, -0.2) is 59.7 Å². The number of nitrogens with zero attached hydrogens (tertiary/aromatic N) is 3. The van der Waals surface area contributed by atoms with E-state index in [1.165, 1.54) is 6.20 Å². The lowest BCUT2D eigenvalue weighted by molar-refractivity contribution is 0.0717. The number of benzene rings is 2. The van der Waals surface area contributed by atoms with Crippen LogP contribution in [0.5, 0.6) is 5.75 Å². The van der Waals surface area contributed by atoms with Gasteiger partial charge in [-0.1, -0.05) is 23.7 Å². The lowest BCUT2D eigenvalue weighted by Gasteiger charge is -2.22. The van der Waals surface area contributed by atoms with Gasteiger partial charge in [0.2, 0.25) is 5.95 Å². The van der Waals surface area contributed by atoms with Gasteiger partial charge in [-0.25, -0.2) is 13.4 Å². The number of halogens is 1. The van der Waals surface area contributed by atoms with Gasteiger partial charge < -0.3 is 25.6 Å². The van der Waals surface area contributed by atoms with Gasteiger partial charge in [-0.2, -0.15) is 4.98 Å². The van der Waals surface area contributed by atoms with E-state index in [0.29, 0.717) is 29.2 Å². The van der Waals surface area contributed by atoms with Crippen LogP contribution in [-0.2, 0) is 16.4 Å². The summed E-state index contributed by atoms with van der Waals surface area (Å²) < 4.78 is 31.9. The van der Waals surface area contributed by atoms with Gasteiger partial charge in [0.05, 0.1) is 33.8 Å². The third-order valence-electron chi connectivity index (χ3n) is 6.93. The summed E-state index contributed by atoms with van der Waals surface area (Å²) in [5, 5.41) is 9.18. The van der Waals surface area contributed by atoms with E-state index in [4.69, 9.17) is 16.3 Å². The second-order valence-corrected chi connectivity index (χ2v) is 13.4. The van der Waals surface area contributed by atoms with Crippen molar-refractivity contribution >= 4 is 50.5 Å². The standard InChI is InChI=1S/C28H33ClN6O4S/c1-16(2)39-24-11-18-15-35(19-9-10-30-13-19)27(36)20(18)12-23(24)33-28-31-14-21(29)26(34-28)32-22-7-5-6-8-25(22)40(37,38)17(3)4/h5-8,11-12,14,16-17,19,30H,9-10,13,15H2,1-4H3,(H2,31,32,33,34)/t19-/m1/s1. The Bertz CT molecular complexity index is 1540. The lowest BCUT2D eigenvalue weighted by atomic mass is 10.1. The number of nitrogens with one attached hydrogen (secondary N) is 3. The van der Waals surface area contributed by atoms with Crippen LogP contribution >= 0.6 is 11.6 Å². The summed E-state index contributed by atoms with van der Waals surface area (Å²) >= 11 is 6.41. The smallest absolute Gasteiger partial charge is 0.254 e. The van der Waals surface area contributed by atoms with Crippen molar-refractivity contribution < 1.29 is 17.9 Å². The van der Waals surface area contributed by atoms with Crippen LogP contribution in [0.25, 0.3) is 0 Å². The van der Waals surface area contributed by atoms with Gasteiger partial charge in [0.25, 0.3) is 5.91 Å². The zero-order valence-electron chi connectivity index (χ0n) is 22.9. The molecule has 0 saturated carbocycles. The van der Waals surface area contributed by atoms with Crippen LogP contribution in [0, 0.1) is 0 Å². The van der Waals surface area contributed by atoms with Crippen molar-refractivity contribution in [1.82, 2.24) is 20.2 Å². The summed E-state index contributed by atoms with van der Waals surface area (Å²) in [6, 6.07) is 10.5. The fourth-order valence-electron chi connectivity index (χ4n) is 4.85. The van der Waals surface area contributed by atoms with E-state index in [9.17, 15) is 13.2 Å². The second kappa shape index (κ2) is 11.2. The third kappa shape index (κ3) is 5.59. The number of rotatable bonds is 9. The highest BCUT2D eigenvalue weighted by atomic mass is 35.5. The van der Waals surface area contributed by atoms with Crippen LogP contribution in [0.3, 0.4) is 0 Å². The molecule has 1 fully saturated rings. The normalized spacial score (nSPS) is 17.0. The Hall–Kier alpha value is -3.41. The molecule has 0 aliphatic carbocycles. The molecule has 10 nitrogen and oxygen atoms in total. The van der Waals surface area contributed by atoms with Crippen LogP contribution < -0.4 is 20.7 Å². The van der Waals surface area contributed by atoms with Crippen LogP contribution in [0.1, 0.15) is 50.0 Å². The molecule has 3 N–H and O–H groups in total. The van der Waals surface area contributed by atoms with Crippen LogP contribution in [0.4, 0.5) is 23.1 Å². The highest BCUT2D eigenvalue weighted by Crippen LogP contribution is 2.37. The van der Waals surface area contributed by atoms with Gasteiger partial charge in [-0.05, 0) is 70.5 Å². The first kappa shape index (κ1) is 28.1. The van der Waals surface area contributed by atoms with Gasteiger partial charge in [0.1, 0.15) is 10.8 Å². The summed E-state index contributed by atoms with van der Waals surface area (Å²) in [6.45, 7) is 9.36. The minimum absolute atomic E-state index is 0.00908. The second-order valence-electron chi connectivity index (χ2n) is 10.5. The maximum absolute atomic E-state index is 13.3. The average Bonchev–Trinajstić information content (AvgIpc) is 3.54. The molecule has 1 aromatic heterocycles. The minimum Gasteiger partial charge on any atom is -0.489 e. The summed E-state index contributed by atoms with van der Waals surface area (Å²) in [7, 11) is -3.56. The van der Waals surface area contributed by atoms with Gasteiger partial charge in [-0.3, -0.25) is 4.79 Å². The quantitative estimate of drug-likeness (QED) is 0.322. The molecule has 2 aromatic carbocycles. The van der Waals surface area contributed by atoms with Crippen molar-refractivity contribution in [3.8, 4) is 5.75 Å². The van der Waals surface area contributed by atoms with Gasteiger partial charge >= 0.3 is 0 Å². The highest BCUT2D eigenvalue weighted by Gasteiger charge is 2.35. The Labute approximate surface area is 239 Å². The maximum Gasteiger partial charge on any atom is 0.254 e. The average molecular weight is 585 g/mol. The molecule has 1 atom stereocenters. The Balaban J connectivity index is 1.46. The molecule has 0 spiro atoms. The number of hydrogen-bond acceptors (Lipinski definition) is 9. The zero-order chi connectivity index (χ0) is 28.6. The maximum atomic E-state index is 13.3. The third-order valence-corrected chi connectivity index (χ3v) is 9.42. The lowest BCUT2D eigenvalue weighted by Crippen LogP contribution is -2.36. The topological polar surface area (TPSA) is 126 Å². The number of hydrogen-bond donors (Lipinski definition) is 3. The predicted molar refractivity (Wildman–Crippen MR) is 156 cm³/mol. The van der Waals surface area contributed by atoms with E-state index in [0.717, 1.165) is 25.1 Å². The minimum atomic E-state index is -3.56. The van der Waals surface area contributed by atoms with Crippen molar-refractivity contribution in [2.75, 3.05) is 23.7 Å². The SMILES string of the molecule is CC(C)Oc1cc2c(cc1Nc1ncc(Cl)c(Nc3ccccc3S(=O)(=O)C(C)C)n1)C(=O)N([C@@H]1CCNC1)C2. The van der Waals surface area contributed by atoms with Crippen molar-refractivity contribution in [2.24, 2.45) is 0 Å².